The zero-order chi connectivity index (χ0) is 26.8. The summed E-state index contributed by atoms with van der Waals surface area (Å²) in [5.74, 6) is -1.52. The molecule has 0 N–H and O–H groups in total. The minimum absolute atomic E-state index is 0.0585. The molecule has 37 heavy (non-hydrogen) atoms. The molecule has 0 spiro atoms. The summed E-state index contributed by atoms with van der Waals surface area (Å²) in [6.45, 7) is 7.37. The molecule has 0 aliphatic carbocycles. The van der Waals surface area contributed by atoms with E-state index in [1.54, 1.807) is 36.4 Å². The summed E-state index contributed by atoms with van der Waals surface area (Å²) in [5.41, 5.74) is 1.65. The molecule has 3 rings (SSSR count). The summed E-state index contributed by atoms with van der Waals surface area (Å²) in [5, 5.41) is 0. The highest BCUT2D eigenvalue weighted by Crippen LogP contribution is 2.24. The topological polar surface area (TPSA) is 52.6 Å². The number of quaternary nitrogens is 1. The van der Waals surface area contributed by atoms with E-state index in [4.69, 9.17) is 9.47 Å². The second kappa shape index (κ2) is 13.1. The van der Waals surface area contributed by atoms with Crippen LogP contribution in [0.5, 0.6) is 5.75 Å². The van der Waals surface area contributed by atoms with Crippen LogP contribution < -0.4 is 4.74 Å². The average Bonchev–Trinajstić information content (AvgIpc) is 2.90. The Kier molecular flexibility index (Phi) is 9.92. The van der Waals surface area contributed by atoms with Gasteiger partial charge in [-0.1, -0.05) is 30.3 Å². The highest BCUT2D eigenvalue weighted by molar-refractivity contribution is 5.98. The Hall–Kier alpha value is -3.58. The summed E-state index contributed by atoms with van der Waals surface area (Å²) in [6.07, 6.45) is 0.718. The van der Waals surface area contributed by atoms with Gasteiger partial charge in [-0.05, 0) is 66.9 Å². The number of hydrogen-bond acceptors (Lipinski definition) is 4. The van der Waals surface area contributed by atoms with Crippen molar-refractivity contribution in [2.24, 2.45) is 0 Å². The van der Waals surface area contributed by atoms with Crippen LogP contribution in [-0.4, -0.2) is 56.1 Å². The van der Waals surface area contributed by atoms with Crippen molar-refractivity contribution in [3.63, 3.8) is 0 Å². The Bertz CT molecular complexity index is 1220. The Morgan fingerprint density at radius 2 is 1.62 bits per heavy atom. The lowest BCUT2D eigenvalue weighted by molar-refractivity contribution is -0.906. The highest BCUT2D eigenvalue weighted by Gasteiger charge is 2.17. The molecule has 7 heteroatoms. The molecule has 0 fully saturated rings. The highest BCUT2D eigenvalue weighted by atomic mass is 19.1. The number of hydrogen-bond donors (Lipinski definition) is 0. The molecule has 3 aromatic carbocycles. The van der Waals surface area contributed by atoms with Crippen molar-refractivity contribution in [2.75, 3.05) is 39.9 Å². The third-order valence-corrected chi connectivity index (χ3v) is 6.68. The molecule has 0 aliphatic rings. The van der Waals surface area contributed by atoms with Gasteiger partial charge in [0.15, 0.2) is 12.4 Å². The molecule has 0 saturated heterocycles. The quantitative estimate of drug-likeness (QED) is 0.125. The number of ether oxygens (including phenoxy) is 2. The fourth-order valence-electron chi connectivity index (χ4n) is 3.97. The van der Waals surface area contributed by atoms with Crippen LogP contribution in [-0.2, 0) is 16.0 Å². The van der Waals surface area contributed by atoms with Gasteiger partial charge in [0, 0.05) is 12.8 Å². The largest absolute Gasteiger partial charge is 0.482 e. The van der Waals surface area contributed by atoms with Gasteiger partial charge in [-0.2, -0.15) is 0 Å². The second-order valence-corrected chi connectivity index (χ2v) is 9.29. The maximum absolute atomic E-state index is 14.5. The van der Waals surface area contributed by atoms with Gasteiger partial charge in [0.25, 0.3) is 0 Å². The van der Waals surface area contributed by atoms with Gasteiger partial charge in [-0.3, -0.25) is 4.79 Å². The van der Waals surface area contributed by atoms with Gasteiger partial charge < -0.3 is 14.0 Å². The first-order valence-corrected chi connectivity index (χ1v) is 12.5. The molecule has 0 radical (unpaired) electrons. The molecule has 0 aromatic heterocycles. The van der Waals surface area contributed by atoms with E-state index in [0.717, 1.165) is 30.5 Å². The Morgan fingerprint density at radius 1 is 0.892 bits per heavy atom. The molecular weight excluding hydrogens is 476 g/mol. The predicted octanol–water partition coefficient (Wildman–Crippen LogP) is 5.86. The van der Waals surface area contributed by atoms with Crippen molar-refractivity contribution in [1.82, 2.24) is 0 Å². The van der Waals surface area contributed by atoms with Crippen molar-refractivity contribution in [2.45, 2.75) is 26.7 Å². The number of esters is 1. The van der Waals surface area contributed by atoms with E-state index >= 15 is 0 Å². The van der Waals surface area contributed by atoms with Gasteiger partial charge in [0.05, 0.1) is 38.9 Å². The molecule has 0 heterocycles. The van der Waals surface area contributed by atoms with E-state index < -0.39 is 23.4 Å². The second-order valence-electron chi connectivity index (χ2n) is 9.29. The zero-order valence-corrected chi connectivity index (χ0v) is 21.6. The van der Waals surface area contributed by atoms with Crippen LogP contribution in [0.1, 0.15) is 36.2 Å². The monoisotopic (exact) mass is 510 g/mol. The maximum atomic E-state index is 14.5. The van der Waals surface area contributed by atoms with Crippen molar-refractivity contribution >= 4 is 11.8 Å². The van der Waals surface area contributed by atoms with Crippen molar-refractivity contribution in [3.8, 4) is 16.9 Å². The number of ketones is 1. The van der Waals surface area contributed by atoms with E-state index in [1.807, 2.05) is 0 Å². The van der Waals surface area contributed by atoms with E-state index in [-0.39, 0.29) is 18.6 Å². The van der Waals surface area contributed by atoms with E-state index in [9.17, 15) is 18.4 Å². The smallest absolute Gasteiger partial charge is 0.344 e. The van der Waals surface area contributed by atoms with Crippen molar-refractivity contribution < 1.29 is 32.3 Å². The number of nitrogens with zero attached hydrogens (tertiary/aromatic N) is 1. The van der Waals surface area contributed by atoms with Gasteiger partial charge in [-0.15, -0.1) is 0 Å². The molecule has 196 valence electrons. The van der Waals surface area contributed by atoms with Gasteiger partial charge in [-0.25, -0.2) is 13.6 Å². The number of rotatable bonds is 13. The Balaban J connectivity index is 1.55. The van der Waals surface area contributed by atoms with Crippen LogP contribution in [0.3, 0.4) is 0 Å². The number of halogens is 2. The zero-order valence-electron chi connectivity index (χ0n) is 21.6. The third-order valence-electron chi connectivity index (χ3n) is 6.68. The minimum atomic E-state index is -0.641. The number of carbonyl (C=O) groups excluding carboxylic acids is 2. The molecule has 3 aromatic rings. The normalized spacial score (nSPS) is 11.3. The van der Waals surface area contributed by atoms with Crippen molar-refractivity contribution in [3.05, 3.63) is 89.5 Å². The number of Topliss-reactive ketones (excluding diaryl/α,β-unsaturated/α-hetero) is 1. The number of benzene rings is 3. The van der Waals surface area contributed by atoms with Crippen LogP contribution in [0.4, 0.5) is 8.78 Å². The molecule has 0 amide bonds. The lowest BCUT2D eigenvalue weighted by atomic mass is 9.97. The molecule has 5 nitrogen and oxygen atoms in total. The van der Waals surface area contributed by atoms with Crippen molar-refractivity contribution in [1.29, 1.82) is 0 Å². The lowest BCUT2D eigenvalue weighted by Crippen LogP contribution is -2.44. The van der Waals surface area contributed by atoms with Gasteiger partial charge in [0.2, 0.25) is 0 Å². The Morgan fingerprint density at radius 3 is 2.35 bits per heavy atom. The third kappa shape index (κ3) is 8.22. The summed E-state index contributed by atoms with van der Waals surface area (Å²) in [6, 6.07) is 16.8. The fraction of sp³-hybridized carbons (Fsp3) is 0.333. The summed E-state index contributed by atoms with van der Waals surface area (Å²) >= 11 is 0. The first-order valence-electron chi connectivity index (χ1n) is 12.5. The van der Waals surface area contributed by atoms with E-state index in [2.05, 4.69) is 20.9 Å². The molecule has 0 saturated carbocycles. The minimum Gasteiger partial charge on any atom is -0.482 e. The van der Waals surface area contributed by atoms with Crippen LogP contribution in [0, 0.1) is 11.6 Å². The van der Waals surface area contributed by atoms with Crippen LogP contribution in [0.15, 0.2) is 66.7 Å². The first kappa shape index (κ1) is 28.0. The first-order chi connectivity index (χ1) is 17.7. The van der Waals surface area contributed by atoms with Crippen LogP contribution >= 0.6 is 0 Å². The van der Waals surface area contributed by atoms with E-state index in [0.29, 0.717) is 29.0 Å². The van der Waals surface area contributed by atoms with Crippen LogP contribution in [0.2, 0.25) is 0 Å². The molecule has 0 atom stereocenters. The van der Waals surface area contributed by atoms with Crippen LogP contribution in [0.25, 0.3) is 11.1 Å². The van der Waals surface area contributed by atoms with Gasteiger partial charge >= 0.3 is 5.97 Å². The standard InChI is InChI=1S/C30H34F2NO4/c1-4-33(3,5-2)15-8-16-36-30(35)21-37-26-12-6-9-22(17-26)18-29(34)27-20-24(13-14-28(27)32)23-10-7-11-25(31)19-23/h6-7,9-14,17,19-20H,4-5,8,15-16,18,21H2,1-3H3/q+1. The lowest BCUT2D eigenvalue weighted by Gasteiger charge is -2.31. The molecule has 0 bridgehead atoms. The summed E-state index contributed by atoms with van der Waals surface area (Å²) in [4.78, 5) is 25.0. The predicted molar refractivity (Wildman–Crippen MR) is 139 cm³/mol. The maximum Gasteiger partial charge on any atom is 0.344 e. The SMILES string of the molecule is CC[N+](C)(CC)CCCOC(=O)COc1cccc(CC(=O)c2cc(-c3cccc(F)c3)ccc2F)c1. The fourth-order valence-corrected chi connectivity index (χ4v) is 3.97. The number of carbonyl (C=O) groups is 2. The van der Waals surface area contributed by atoms with Gasteiger partial charge in [0.1, 0.15) is 17.4 Å². The summed E-state index contributed by atoms with van der Waals surface area (Å²) < 4.78 is 39.8. The molecule has 0 aliphatic heterocycles. The van der Waals surface area contributed by atoms with E-state index in [1.165, 1.54) is 30.3 Å². The summed E-state index contributed by atoms with van der Waals surface area (Å²) in [7, 11) is 2.18. The average molecular weight is 511 g/mol. The molecular formula is C30H34F2NO4+. The Labute approximate surface area is 217 Å². The molecule has 0 unspecified atom stereocenters.